The quantitative estimate of drug-likeness (QED) is 0.109. The molecule has 0 spiro atoms. The van der Waals surface area contributed by atoms with E-state index in [1.807, 2.05) is 60.3 Å². The van der Waals surface area contributed by atoms with E-state index in [9.17, 15) is 0 Å². The van der Waals surface area contributed by atoms with Crippen LogP contribution in [0.1, 0.15) is 0 Å². The predicted octanol–water partition coefficient (Wildman–Crippen LogP) is 24.8. The number of benzene rings is 12. The number of aromatic nitrogens is 8. The lowest BCUT2D eigenvalue weighted by atomic mass is 9.87. The number of rotatable bonds is 12. The molecular weight excluding hydrogens is 1310 g/mol. The summed E-state index contributed by atoms with van der Waals surface area (Å²) in [5.41, 5.74) is 25.0. The standard InChI is InChI=1S/C46H28N4O2.C46H28N4S2/c2*1-2-8-35-30(6-1)7-5-11-36(35)31-14-12-29(13-15-31)32-16-19-39-40(22-32)46(42-21-18-34(24-50-42)44-26-48-28-52-44)38-10-4-3-9-37(38)45(39)41-20-17-33(23-49-41)43-25-47-27-51-43/h2*1-28H. The van der Waals surface area contributed by atoms with E-state index < -0.39 is 0 Å². The van der Waals surface area contributed by atoms with Crippen LogP contribution in [0, 0.1) is 0 Å². The molecule has 20 rings (SSSR count). The molecule has 0 amide bonds. The van der Waals surface area contributed by atoms with Crippen molar-refractivity contribution in [3.63, 3.8) is 0 Å². The number of thiazole rings is 2. The van der Waals surface area contributed by atoms with Gasteiger partial charge >= 0.3 is 0 Å². The van der Waals surface area contributed by atoms with E-state index in [0.717, 1.165) is 142 Å². The van der Waals surface area contributed by atoms with Crippen molar-refractivity contribution >= 4 is 87.3 Å². The third kappa shape index (κ3) is 11.3. The van der Waals surface area contributed by atoms with Gasteiger partial charge in [0.25, 0.3) is 0 Å². The average Bonchev–Trinajstić information content (AvgIpc) is 0.881. The molecule has 10 nitrogen and oxygen atoms in total. The zero-order valence-corrected chi connectivity index (χ0v) is 57.2. The van der Waals surface area contributed by atoms with Crippen LogP contribution in [0.15, 0.2) is 349 Å². The van der Waals surface area contributed by atoms with Crippen molar-refractivity contribution in [2.24, 2.45) is 0 Å². The summed E-state index contributed by atoms with van der Waals surface area (Å²) in [6, 6.07) is 95.4. The first-order valence-electron chi connectivity index (χ1n) is 34.1. The topological polar surface area (TPSA) is 129 Å². The Morgan fingerprint density at radius 1 is 0.221 bits per heavy atom. The zero-order chi connectivity index (χ0) is 68.9. The highest BCUT2D eigenvalue weighted by atomic mass is 32.1. The molecule has 0 saturated heterocycles. The van der Waals surface area contributed by atoms with Gasteiger partial charge in [0.1, 0.15) is 0 Å². The van der Waals surface area contributed by atoms with E-state index in [1.165, 1.54) is 56.6 Å². The van der Waals surface area contributed by atoms with Crippen molar-refractivity contribution in [1.29, 1.82) is 0 Å². The van der Waals surface area contributed by atoms with Crippen molar-refractivity contribution in [3.05, 3.63) is 340 Å². The van der Waals surface area contributed by atoms with Crippen LogP contribution in [0.25, 0.3) is 198 Å². The maximum absolute atomic E-state index is 5.56. The number of hydrogen-bond donors (Lipinski definition) is 0. The molecule has 12 aromatic carbocycles. The van der Waals surface area contributed by atoms with Gasteiger partial charge in [0.2, 0.25) is 0 Å². The van der Waals surface area contributed by atoms with E-state index in [0.29, 0.717) is 11.5 Å². The highest BCUT2D eigenvalue weighted by Crippen LogP contribution is 2.48. The molecule has 0 N–H and O–H groups in total. The Bertz CT molecular complexity index is 6120. The summed E-state index contributed by atoms with van der Waals surface area (Å²) in [6.07, 6.45) is 17.7. The number of oxazole rings is 2. The molecule has 0 radical (unpaired) electrons. The van der Waals surface area contributed by atoms with Gasteiger partial charge in [0, 0.05) is 81.7 Å². The normalized spacial score (nSPS) is 11.5. The predicted molar refractivity (Wildman–Crippen MR) is 426 cm³/mol. The minimum absolute atomic E-state index is 0.679. The number of pyridine rings is 4. The summed E-state index contributed by atoms with van der Waals surface area (Å²) in [6.45, 7) is 0. The van der Waals surface area contributed by atoms with Crippen LogP contribution in [-0.4, -0.2) is 39.9 Å². The summed E-state index contributed by atoms with van der Waals surface area (Å²) < 4.78 is 11.1. The fourth-order valence-electron chi connectivity index (χ4n) is 14.6. The lowest BCUT2D eigenvalue weighted by Gasteiger charge is -2.18. The third-order valence-electron chi connectivity index (χ3n) is 19.6. The Morgan fingerprint density at radius 3 is 0.885 bits per heavy atom. The largest absolute Gasteiger partial charge is 0.443 e. The van der Waals surface area contributed by atoms with Crippen LogP contribution in [0.4, 0.5) is 0 Å². The molecule has 0 aliphatic carbocycles. The van der Waals surface area contributed by atoms with Gasteiger partial charge in [0.15, 0.2) is 24.3 Å². The second-order valence-electron chi connectivity index (χ2n) is 25.5. The van der Waals surface area contributed by atoms with Crippen LogP contribution in [-0.2, 0) is 0 Å². The van der Waals surface area contributed by atoms with Crippen LogP contribution < -0.4 is 0 Å². The Balaban J connectivity index is 0.000000143. The molecule has 488 valence electrons. The van der Waals surface area contributed by atoms with E-state index in [4.69, 9.17) is 28.8 Å². The molecule has 8 heterocycles. The first-order chi connectivity index (χ1) is 51.6. The van der Waals surface area contributed by atoms with Gasteiger partial charge in [-0.15, -0.1) is 22.7 Å². The first-order valence-corrected chi connectivity index (χ1v) is 35.9. The van der Waals surface area contributed by atoms with E-state index in [1.54, 1.807) is 35.1 Å². The van der Waals surface area contributed by atoms with Crippen LogP contribution in [0.5, 0.6) is 0 Å². The number of nitrogens with zero attached hydrogens (tertiary/aromatic N) is 8. The molecule has 0 aliphatic rings. The maximum Gasteiger partial charge on any atom is 0.181 e. The SMILES string of the molecule is c1ccc2c(-c3ccc(-c4ccc5c(-c6ccc(-c7cnco7)cn6)c6ccccc6c(-c6ccc(-c7cnco7)cn6)c5c4)cc3)cccc2c1.c1ccc2c(-c3ccc(-c4ccc5c(-c6ccc(-c7cncs7)cn6)c6ccccc6c(-c6ccc(-c7cncs7)cn6)c5c4)cc3)cccc2c1. The second kappa shape index (κ2) is 26.5. The summed E-state index contributed by atoms with van der Waals surface area (Å²) in [7, 11) is 0. The third-order valence-corrected chi connectivity index (χ3v) is 21.3. The Labute approximate surface area is 605 Å². The molecule has 0 bridgehead atoms. The minimum atomic E-state index is 0.679. The summed E-state index contributed by atoms with van der Waals surface area (Å²) in [5, 5.41) is 13.9. The first kappa shape index (κ1) is 61.6. The Hall–Kier alpha value is -13.5. The van der Waals surface area contributed by atoms with E-state index >= 15 is 0 Å². The average molecular weight is 1370 g/mol. The summed E-state index contributed by atoms with van der Waals surface area (Å²) in [5.74, 6) is 1.36. The second-order valence-corrected chi connectivity index (χ2v) is 27.3. The van der Waals surface area contributed by atoms with Crippen LogP contribution in [0.3, 0.4) is 0 Å². The molecule has 0 saturated carbocycles. The Morgan fingerprint density at radius 2 is 0.538 bits per heavy atom. The maximum atomic E-state index is 5.56. The van der Waals surface area contributed by atoms with Gasteiger partial charge in [-0.1, -0.05) is 206 Å². The fraction of sp³-hybridized carbons (Fsp3) is 0. The van der Waals surface area contributed by atoms with Gasteiger partial charge in [-0.25, -0.2) is 9.97 Å². The fourth-order valence-corrected chi connectivity index (χ4v) is 15.9. The molecular formula is C92H56N8O2S2. The number of hydrogen-bond acceptors (Lipinski definition) is 12. The summed E-state index contributed by atoms with van der Waals surface area (Å²) in [4.78, 5) is 39.0. The number of fused-ring (bicyclic) bond motifs is 6. The van der Waals surface area contributed by atoms with E-state index in [-0.39, 0.29) is 0 Å². The molecule has 0 fully saturated rings. The molecule has 0 unspecified atom stereocenters. The molecule has 0 aliphatic heterocycles. The van der Waals surface area contributed by atoms with Crippen molar-refractivity contribution < 1.29 is 8.83 Å². The van der Waals surface area contributed by atoms with Gasteiger partial charge in [-0.2, -0.15) is 0 Å². The lowest BCUT2D eigenvalue weighted by molar-refractivity contribution is 0.571. The zero-order valence-electron chi connectivity index (χ0n) is 55.5. The highest BCUT2D eigenvalue weighted by Gasteiger charge is 2.23. The lowest BCUT2D eigenvalue weighted by Crippen LogP contribution is -1.94. The molecule has 20 aromatic rings. The summed E-state index contributed by atoms with van der Waals surface area (Å²) >= 11 is 3.24. The van der Waals surface area contributed by atoms with Crippen molar-refractivity contribution in [2.45, 2.75) is 0 Å². The minimum Gasteiger partial charge on any atom is -0.443 e. The molecule has 12 heteroatoms. The van der Waals surface area contributed by atoms with Crippen LogP contribution in [0.2, 0.25) is 0 Å². The highest BCUT2D eigenvalue weighted by molar-refractivity contribution is 7.13. The van der Waals surface area contributed by atoms with Crippen molar-refractivity contribution in [1.82, 2.24) is 39.9 Å². The van der Waals surface area contributed by atoms with Gasteiger partial charge in [-0.3, -0.25) is 29.9 Å². The van der Waals surface area contributed by atoms with Crippen molar-refractivity contribution in [3.8, 4) is 133 Å². The smallest absolute Gasteiger partial charge is 0.181 e. The van der Waals surface area contributed by atoms with Gasteiger partial charge < -0.3 is 8.83 Å². The molecule has 0 atom stereocenters. The molecule has 104 heavy (non-hydrogen) atoms. The monoisotopic (exact) mass is 1370 g/mol. The van der Waals surface area contributed by atoms with Crippen molar-refractivity contribution in [2.75, 3.05) is 0 Å². The van der Waals surface area contributed by atoms with Gasteiger partial charge in [0.05, 0.1) is 55.9 Å². The Kier molecular flexibility index (Phi) is 15.7. The van der Waals surface area contributed by atoms with Gasteiger partial charge in [-0.05, 0) is 170 Å². The molecule has 8 aromatic heterocycles. The van der Waals surface area contributed by atoms with E-state index in [2.05, 4.69) is 275 Å². The van der Waals surface area contributed by atoms with Crippen LogP contribution >= 0.6 is 22.7 Å².